The Morgan fingerprint density at radius 1 is 1.15 bits per heavy atom. The summed E-state index contributed by atoms with van der Waals surface area (Å²) in [6.45, 7) is 2.34. The van der Waals surface area contributed by atoms with E-state index in [1.165, 1.54) is 0 Å². The summed E-state index contributed by atoms with van der Waals surface area (Å²) in [5.74, 6) is 0.891. The van der Waals surface area contributed by atoms with E-state index in [1.807, 2.05) is 18.2 Å². The largest absolute Gasteiger partial charge is 0.352 e. The number of aromatic nitrogens is 2. The minimum Gasteiger partial charge on any atom is -0.352 e. The summed E-state index contributed by atoms with van der Waals surface area (Å²) < 4.78 is 2.24. The first-order valence-electron chi connectivity index (χ1n) is 8.67. The fourth-order valence-corrected chi connectivity index (χ4v) is 2.98. The summed E-state index contributed by atoms with van der Waals surface area (Å²) in [5, 5.41) is 3.58. The predicted octanol–water partition coefficient (Wildman–Crippen LogP) is 3.22. The minimum atomic E-state index is -0.0994. The molecule has 0 unspecified atom stereocenters. The molecule has 3 aromatic rings. The van der Waals surface area contributed by atoms with Crippen LogP contribution in [0.2, 0.25) is 5.02 Å². The van der Waals surface area contributed by atoms with E-state index in [4.69, 9.17) is 16.6 Å². The number of carbonyl (C=O) groups excluding carboxylic acids is 1. The number of benzene rings is 2. The van der Waals surface area contributed by atoms with Gasteiger partial charge in [-0.2, -0.15) is 0 Å². The van der Waals surface area contributed by atoms with Crippen molar-refractivity contribution in [2.45, 2.75) is 13.0 Å². The maximum absolute atomic E-state index is 12.2. The number of imidazole rings is 1. The van der Waals surface area contributed by atoms with Gasteiger partial charge in [-0.1, -0.05) is 23.7 Å². The maximum atomic E-state index is 12.2. The van der Waals surface area contributed by atoms with Gasteiger partial charge in [0.05, 0.1) is 11.0 Å². The van der Waals surface area contributed by atoms with Crippen LogP contribution in [-0.4, -0.2) is 47.5 Å². The zero-order valence-electron chi connectivity index (χ0n) is 15.1. The molecule has 1 N–H and O–H groups in total. The molecule has 0 bridgehead atoms. The lowest BCUT2D eigenvalue weighted by Gasteiger charge is -2.13. The smallest absolute Gasteiger partial charge is 0.251 e. The van der Waals surface area contributed by atoms with Crippen LogP contribution in [0.4, 0.5) is 0 Å². The predicted molar refractivity (Wildman–Crippen MR) is 106 cm³/mol. The van der Waals surface area contributed by atoms with Crippen LogP contribution in [0.25, 0.3) is 11.0 Å². The Bertz CT molecular complexity index is 886. The van der Waals surface area contributed by atoms with E-state index in [0.29, 0.717) is 23.6 Å². The molecular formula is C20H23ClN4O. The first kappa shape index (κ1) is 18.4. The van der Waals surface area contributed by atoms with Crippen LogP contribution < -0.4 is 5.32 Å². The lowest BCUT2D eigenvalue weighted by atomic mass is 10.2. The van der Waals surface area contributed by atoms with Crippen molar-refractivity contribution in [2.75, 3.05) is 27.2 Å². The van der Waals surface area contributed by atoms with Crippen molar-refractivity contribution in [1.29, 1.82) is 0 Å². The molecule has 136 valence electrons. The number of nitrogens with one attached hydrogen (secondary N) is 1. The molecule has 1 aromatic heterocycles. The molecule has 3 rings (SSSR count). The van der Waals surface area contributed by atoms with Crippen molar-refractivity contribution < 1.29 is 4.79 Å². The normalized spacial score (nSPS) is 11.2. The van der Waals surface area contributed by atoms with Gasteiger partial charge in [-0.15, -0.1) is 0 Å². The number of likely N-dealkylation sites (N-methyl/N-ethyl adjacent to an activating group) is 1. The summed E-state index contributed by atoms with van der Waals surface area (Å²) in [7, 11) is 4.12. The average Bonchev–Trinajstić information content (AvgIpc) is 2.98. The van der Waals surface area contributed by atoms with Gasteiger partial charge >= 0.3 is 0 Å². The van der Waals surface area contributed by atoms with Gasteiger partial charge in [0.1, 0.15) is 5.82 Å². The Hall–Kier alpha value is -2.37. The van der Waals surface area contributed by atoms with E-state index in [1.54, 1.807) is 24.3 Å². The molecule has 0 spiro atoms. The van der Waals surface area contributed by atoms with Gasteiger partial charge in [0.15, 0.2) is 0 Å². The highest BCUT2D eigenvalue weighted by atomic mass is 35.5. The van der Waals surface area contributed by atoms with Gasteiger partial charge in [0.25, 0.3) is 5.91 Å². The number of para-hydroxylation sites is 2. The third-order valence-corrected chi connectivity index (χ3v) is 4.50. The van der Waals surface area contributed by atoms with Crippen molar-refractivity contribution in [3.8, 4) is 0 Å². The van der Waals surface area contributed by atoms with Gasteiger partial charge in [-0.25, -0.2) is 4.98 Å². The van der Waals surface area contributed by atoms with E-state index in [0.717, 1.165) is 29.9 Å². The Morgan fingerprint density at radius 2 is 1.88 bits per heavy atom. The van der Waals surface area contributed by atoms with E-state index in [-0.39, 0.29) is 5.91 Å². The number of fused-ring (bicyclic) bond motifs is 1. The molecule has 26 heavy (non-hydrogen) atoms. The highest BCUT2D eigenvalue weighted by Gasteiger charge is 2.11. The van der Waals surface area contributed by atoms with Crippen LogP contribution >= 0.6 is 11.6 Å². The van der Waals surface area contributed by atoms with Gasteiger partial charge < -0.3 is 14.8 Å². The average molecular weight is 371 g/mol. The quantitative estimate of drug-likeness (QED) is 0.694. The lowest BCUT2D eigenvalue weighted by molar-refractivity contribution is 0.0954. The number of carbonyl (C=O) groups is 1. The van der Waals surface area contributed by atoms with E-state index >= 15 is 0 Å². The van der Waals surface area contributed by atoms with Crippen LogP contribution in [0.3, 0.4) is 0 Å². The molecule has 6 heteroatoms. The molecular weight excluding hydrogens is 348 g/mol. The van der Waals surface area contributed by atoms with E-state index in [2.05, 4.69) is 34.9 Å². The molecule has 0 saturated carbocycles. The molecule has 1 heterocycles. The van der Waals surface area contributed by atoms with E-state index < -0.39 is 0 Å². The molecule has 0 aliphatic rings. The van der Waals surface area contributed by atoms with Crippen molar-refractivity contribution in [3.63, 3.8) is 0 Å². The molecule has 0 aliphatic carbocycles. The van der Waals surface area contributed by atoms with Crippen LogP contribution in [-0.2, 0) is 13.0 Å². The summed E-state index contributed by atoms with van der Waals surface area (Å²) in [6, 6.07) is 15.0. The Kier molecular flexibility index (Phi) is 5.91. The second-order valence-electron chi connectivity index (χ2n) is 6.48. The van der Waals surface area contributed by atoms with Crippen LogP contribution in [0.15, 0.2) is 48.5 Å². The number of halogens is 1. The number of nitrogens with zero attached hydrogens (tertiary/aromatic N) is 3. The van der Waals surface area contributed by atoms with Crippen molar-refractivity contribution >= 4 is 28.5 Å². The van der Waals surface area contributed by atoms with E-state index in [9.17, 15) is 4.79 Å². The summed E-state index contributed by atoms with van der Waals surface area (Å²) >= 11 is 5.86. The monoisotopic (exact) mass is 370 g/mol. The highest BCUT2D eigenvalue weighted by Crippen LogP contribution is 2.16. The van der Waals surface area contributed by atoms with Crippen LogP contribution in [0.1, 0.15) is 16.2 Å². The van der Waals surface area contributed by atoms with Gasteiger partial charge in [0, 0.05) is 36.6 Å². The second-order valence-corrected chi connectivity index (χ2v) is 6.92. The zero-order chi connectivity index (χ0) is 18.5. The Morgan fingerprint density at radius 3 is 2.62 bits per heavy atom. The third-order valence-electron chi connectivity index (χ3n) is 4.25. The molecule has 0 saturated heterocycles. The lowest BCUT2D eigenvalue weighted by Crippen LogP contribution is -2.27. The standard InChI is InChI=1S/C20H23ClN4O/c1-24(2)13-14-25-18-6-4-3-5-17(18)23-19(25)11-12-22-20(26)15-7-9-16(21)10-8-15/h3-10H,11-14H2,1-2H3,(H,22,26). The third kappa shape index (κ3) is 4.42. The molecule has 1 amide bonds. The van der Waals surface area contributed by atoms with Crippen molar-refractivity contribution in [1.82, 2.24) is 19.8 Å². The van der Waals surface area contributed by atoms with Gasteiger partial charge in [-0.05, 0) is 50.5 Å². The first-order chi connectivity index (χ1) is 12.5. The molecule has 0 radical (unpaired) electrons. The van der Waals surface area contributed by atoms with Crippen molar-refractivity contribution in [3.05, 3.63) is 64.9 Å². The summed E-state index contributed by atoms with van der Waals surface area (Å²) in [4.78, 5) is 19.1. The van der Waals surface area contributed by atoms with Crippen molar-refractivity contribution in [2.24, 2.45) is 0 Å². The maximum Gasteiger partial charge on any atom is 0.251 e. The zero-order valence-corrected chi connectivity index (χ0v) is 15.8. The van der Waals surface area contributed by atoms with Crippen LogP contribution in [0, 0.1) is 0 Å². The topological polar surface area (TPSA) is 50.2 Å². The number of hydrogen-bond acceptors (Lipinski definition) is 3. The molecule has 0 fully saturated rings. The molecule has 0 atom stereocenters. The number of hydrogen-bond donors (Lipinski definition) is 1. The minimum absolute atomic E-state index is 0.0994. The molecule has 5 nitrogen and oxygen atoms in total. The van der Waals surface area contributed by atoms with Crippen LogP contribution in [0.5, 0.6) is 0 Å². The fraction of sp³-hybridized carbons (Fsp3) is 0.300. The Balaban J connectivity index is 1.68. The van der Waals surface area contributed by atoms with Gasteiger partial charge in [0.2, 0.25) is 0 Å². The first-order valence-corrected chi connectivity index (χ1v) is 9.05. The highest BCUT2D eigenvalue weighted by molar-refractivity contribution is 6.30. The SMILES string of the molecule is CN(C)CCn1c(CCNC(=O)c2ccc(Cl)cc2)nc2ccccc21. The summed E-state index contributed by atoms with van der Waals surface area (Å²) in [6.07, 6.45) is 0.682. The molecule has 0 aliphatic heterocycles. The fourth-order valence-electron chi connectivity index (χ4n) is 2.86. The Labute approximate surface area is 158 Å². The molecule has 2 aromatic carbocycles. The number of amides is 1. The second kappa shape index (κ2) is 8.34. The summed E-state index contributed by atoms with van der Waals surface area (Å²) in [5.41, 5.74) is 2.73. The van der Waals surface area contributed by atoms with Gasteiger partial charge in [-0.3, -0.25) is 4.79 Å². The number of rotatable bonds is 7.